The quantitative estimate of drug-likeness (QED) is 0.647. The largest absolute Gasteiger partial charge is 0.390 e. The van der Waals surface area contributed by atoms with Crippen LogP contribution in [0.5, 0.6) is 0 Å². The third kappa shape index (κ3) is 3.77. The summed E-state index contributed by atoms with van der Waals surface area (Å²) in [5.41, 5.74) is 1.26. The SMILES string of the molecule is C[C@@H](Cc1[nH]c2ncccc2c1Sc1ccc(Cl)cc1)C(C)(C)O. The molecule has 0 radical (unpaired) electrons. The molecule has 3 rings (SSSR count). The monoisotopic (exact) mass is 360 g/mol. The van der Waals surface area contributed by atoms with Crippen LogP contribution in [0.25, 0.3) is 11.0 Å². The lowest BCUT2D eigenvalue weighted by atomic mass is 9.89. The van der Waals surface area contributed by atoms with Crippen LogP contribution in [0.4, 0.5) is 0 Å². The van der Waals surface area contributed by atoms with E-state index in [0.717, 1.165) is 38.0 Å². The van der Waals surface area contributed by atoms with Gasteiger partial charge in [0.05, 0.1) is 5.60 Å². The van der Waals surface area contributed by atoms with Crippen LogP contribution in [0.2, 0.25) is 5.02 Å². The second-order valence-electron chi connectivity index (χ2n) is 6.65. The fourth-order valence-electron chi connectivity index (χ4n) is 2.49. The molecule has 2 aromatic heterocycles. The van der Waals surface area contributed by atoms with Gasteiger partial charge in [0, 0.05) is 32.1 Å². The molecule has 3 nitrogen and oxygen atoms in total. The number of rotatable bonds is 5. The molecule has 126 valence electrons. The molecule has 0 saturated carbocycles. The minimum Gasteiger partial charge on any atom is -0.390 e. The Labute approximate surface area is 151 Å². The fraction of sp³-hybridized carbons (Fsp3) is 0.316. The topological polar surface area (TPSA) is 48.9 Å². The maximum atomic E-state index is 10.3. The van der Waals surface area contributed by atoms with Crippen LogP contribution >= 0.6 is 23.4 Å². The normalized spacial score (nSPS) is 13.4. The van der Waals surface area contributed by atoms with E-state index in [1.807, 2.05) is 44.2 Å². The summed E-state index contributed by atoms with van der Waals surface area (Å²) >= 11 is 7.69. The molecule has 0 fully saturated rings. The highest BCUT2D eigenvalue weighted by Gasteiger charge is 2.25. The van der Waals surface area contributed by atoms with Crippen molar-refractivity contribution in [3.8, 4) is 0 Å². The number of H-pyrrole nitrogens is 1. The molecule has 0 amide bonds. The van der Waals surface area contributed by atoms with Crippen molar-refractivity contribution in [3.05, 3.63) is 53.3 Å². The molecule has 24 heavy (non-hydrogen) atoms. The number of nitrogens with zero attached hydrogens (tertiary/aromatic N) is 1. The van der Waals surface area contributed by atoms with E-state index in [0.29, 0.717) is 0 Å². The molecule has 0 aliphatic carbocycles. The number of nitrogens with one attached hydrogen (secondary N) is 1. The molecule has 0 bridgehead atoms. The Balaban J connectivity index is 2.00. The van der Waals surface area contributed by atoms with Crippen LogP contribution in [0, 0.1) is 5.92 Å². The summed E-state index contributed by atoms with van der Waals surface area (Å²) in [5.74, 6) is 0.120. The predicted octanol–water partition coefficient (Wildman–Crippen LogP) is 5.32. The zero-order valence-electron chi connectivity index (χ0n) is 14.0. The number of benzene rings is 1. The third-order valence-electron chi connectivity index (χ3n) is 4.35. The summed E-state index contributed by atoms with van der Waals surface area (Å²) in [5, 5.41) is 12.1. The summed E-state index contributed by atoms with van der Waals surface area (Å²) < 4.78 is 0. The Hall–Kier alpha value is -1.49. The first-order chi connectivity index (χ1) is 11.3. The van der Waals surface area contributed by atoms with Crippen molar-refractivity contribution in [2.75, 3.05) is 0 Å². The number of aromatic amines is 1. The highest BCUT2D eigenvalue weighted by Crippen LogP contribution is 2.38. The summed E-state index contributed by atoms with van der Waals surface area (Å²) in [6, 6.07) is 11.9. The van der Waals surface area contributed by atoms with Gasteiger partial charge in [-0.25, -0.2) is 4.98 Å². The molecule has 5 heteroatoms. The van der Waals surface area contributed by atoms with Gasteiger partial charge in [-0.05, 0) is 62.6 Å². The average molecular weight is 361 g/mol. The van der Waals surface area contributed by atoms with Crippen LogP contribution in [-0.4, -0.2) is 20.7 Å². The van der Waals surface area contributed by atoms with Gasteiger partial charge in [-0.1, -0.05) is 30.3 Å². The molecule has 3 aromatic rings. The first-order valence-corrected chi connectivity index (χ1v) is 9.15. The average Bonchev–Trinajstić information content (AvgIpc) is 2.86. The van der Waals surface area contributed by atoms with Gasteiger partial charge in [0.25, 0.3) is 0 Å². The van der Waals surface area contributed by atoms with Gasteiger partial charge < -0.3 is 10.1 Å². The lowest BCUT2D eigenvalue weighted by molar-refractivity contribution is 0.0245. The van der Waals surface area contributed by atoms with Crippen molar-refractivity contribution >= 4 is 34.4 Å². The molecule has 0 unspecified atom stereocenters. The highest BCUT2D eigenvalue weighted by atomic mass is 35.5. The van der Waals surface area contributed by atoms with Gasteiger partial charge in [-0.15, -0.1) is 0 Å². The van der Waals surface area contributed by atoms with E-state index in [1.54, 1.807) is 18.0 Å². The molecule has 0 saturated heterocycles. The Morgan fingerprint density at radius 3 is 2.62 bits per heavy atom. The number of halogens is 1. The number of hydrogen-bond donors (Lipinski definition) is 2. The second kappa shape index (κ2) is 6.79. The first kappa shape index (κ1) is 17.3. The van der Waals surface area contributed by atoms with Crippen LogP contribution in [0.3, 0.4) is 0 Å². The van der Waals surface area contributed by atoms with E-state index < -0.39 is 5.60 Å². The Bertz CT molecular complexity index is 837. The number of hydrogen-bond acceptors (Lipinski definition) is 3. The highest BCUT2D eigenvalue weighted by molar-refractivity contribution is 7.99. The van der Waals surface area contributed by atoms with E-state index >= 15 is 0 Å². The van der Waals surface area contributed by atoms with Crippen LogP contribution < -0.4 is 0 Å². The van der Waals surface area contributed by atoms with Crippen molar-refractivity contribution in [1.82, 2.24) is 9.97 Å². The summed E-state index contributed by atoms with van der Waals surface area (Å²) in [7, 11) is 0. The van der Waals surface area contributed by atoms with Crippen molar-refractivity contribution in [2.24, 2.45) is 5.92 Å². The fourth-order valence-corrected chi connectivity index (χ4v) is 3.65. The van der Waals surface area contributed by atoms with E-state index in [1.165, 1.54) is 0 Å². The first-order valence-electron chi connectivity index (χ1n) is 7.96. The van der Waals surface area contributed by atoms with Crippen LogP contribution in [0.15, 0.2) is 52.4 Å². The summed E-state index contributed by atoms with van der Waals surface area (Å²) in [6.07, 6.45) is 2.55. The Kier molecular flexibility index (Phi) is 4.90. The predicted molar refractivity (Wildman–Crippen MR) is 101 cm³/mol. The molecule has 1 aromatic carbocycles. The zero-order chi connectivity index (χ0) is 17.3. The lowest BCUT2D eigenvalue weighted by Crippen LogP contribution is -2.30. The number of fused-ring (bicyclic) bond motifs is 1. The number of aliphatic hydroxyl groups is 1. The molecular weight excluding hydrogens is 340 g/mol. The minimum atomic E-state index is -0.729. The maximum absolute atomic E-state index is 10.3. The molecule has 2 heterocycles. The molecule has 1 atom stereocenters. The van der Waals surface area contributed by atoms with Crippen molar-refractivity contribution < 1.29 is 5.11 Å². The standard InChI is InChI=1S/C19H21ClN2OS/c1-12(19(2,3)23)11-16-17(15-5-4-10-21-18(15)22-16)24-14-8-6-13(20)7-9-14/h4-10,12,23H,11H2,1-3H3,(H,21,22)/t12-/m0/s1. The van der Waals surface area contributed by atoms with Gasteiger partial charge in [-0.3, -0.25) is 0 Å². The van der Waals surface area contributed by atoms with Crippen LogP contribution in [0.1, 0.15) is 26.5 Å². The van der Waals surface area contributed by atoms with Crippen molar-refractivity contribution in [1.29, 1.82) is 0 Å². The molecule has 0 aliphatic heterocycles. The summed E-state index contributed by atoms with van der Waals surface area (Å²) in [6.45, 7) is 5.77. The van der Waals surface area contributed by atoms with E-state index in [4.69, 9.17) is 11.6 Å². The van der Waals surface area contributed by atoms with Gasteiger partial charge in [0.15, 0.2) is 0 Å². The van der Waals surface area contributed by atoms with E-state index in [9.17, 15) is 5.11 Å². The molecule has 0 aliphatic rings. The Morgan fingerprint density at radius 2 is 1.96 bits per heavy atom. The van der Waals surface area contributed by atoms with E-state index in [2.05, 4.69) is 23.0 Å². The second-order valence-corrected chi connectivity index (χ2v) is 8.17. The number of aromatic nitrogens is 2. The maximum Gasteiger partial charge on any atom is 0.138 e. The smallest absolute Gasteiger partial charge is 0.138 e. The van der Waals surface area contributed by atoms with Gasteiger partial charge in [0.2, 0.25) is 0 Å². The molecular formula is C19H21ClN2OS. The molecule has 2 N–H and O–H groups in total. The zero-order valence-corrected chi connectivity index (χ0v) is 15.6. The van der Waals surface area contributed by atoms with Gasteiger partial charge in [0.1, 0.15) is 5.65 Å². The Morgan fingerprint density at radius 1 is 1.25 bits per heavy atom. The van der Waals surface area contributed by atoms with Crippen molar-refractivity contribution in [2.45, 2.75) is 42.6 Å². The minimum absolute atomic E-state index is 0.120. The molecule has 0 spiro atoms. The number of pyridine rings is 1. The third-order valence-corrected chi connectivity index (χ3v) is 5.78. The van der Waals surface area contributed by atoms with Gasteiger partial charge >= 0.3 is 0 Å². The lowest BCUT2D eigenvalue weighted by Gasteiger charge is -2.25. The van der Waals surface area contributed by atoms with Crippen LogP contribution in [-0.2, 0) is 6.42 Å². The van der Waals surface area contributed by atoms with Crippen molar-refractivity contribution in [3.63, 3.8) is 0 Å². The van der Waals surface area contributed by atoms with E-state index in [-0.39, 0.29) is 5.92 Å². The van der Waals surface area contributed by atoms with Gasteiger partial charge in [-0.2, -0.15) is 0 Å². The summed E-state index contributed by atoms with van der Waals surface area (Å²) in [4.78, 5) is 10.2.